The molecule has 0 saturated heterocycles. The standard InChI is InChI=1S/C13H16N2/c1-7-5-11-13-9(6-15-11)3-4-10(14)12(13)8(7)2/h5-6,10,15H,3-4,14H2,1-2H3. The molecule has 0 bridgehead atoms. The fraction of sp³-hybridized carbons (Fsp3) is 0.385. The molecule has 3 rings (SSSR count). The summed E-state index contributed by atoms with van der Waals surface area (Å²) in [5.41, 5.74) is 13.0. The average Bonchev–Trinajstić information content (AvgIpc) is 2.60. The lowest BCUT2D eigenvalue weighted by atomic mass is 9.85. The number of aryl methyl sites for hydroxylation is 2. The second-order valence-electron chi connectivity index (χ2n) is 4.61. The summed E-state index contributed by atoms with van der Waals surface area (Å²) in [6.45, 7) is 4.35. The van der Waals surface area contributed by atoms with Crippen LogP contribution in [-0.4, -0.2) is 4.98 Å². The fourth-order valence-corrected chi connectivity index (χ4v) is 2.75. The van der Waals surface area contributed by atoms with E-state index in [0.29, 0.717) is 0 Å². The van der Waals surface area contributed by atoms with Crippen LogP contribution in [0.2, 0.25) is 0 Å². The van der Waals surface area contributed by atoms with Crippen molar-refractivity contribution in [1.82, 2.24) is 4.98 Å². The highest BCUT2D eigenvalue weighted by atomic mass is 14.7. The SMILES string of the molecule is Cc1cc2[nH]cc3c2c(c1C)C(N)CC3. The lowest BCUT2D eigenvalue weighted by Crippen LogP contribution is -2.17. The van der Waals surface area contributed by atoms with E-state index in [-0.39, 0.29) is 6.04 Å². The van der Waals surface area contributed by atoms with E-state index in [9.17, 15) is 0 Å². The molecule has 0 saturated carbocycles. The fourth-order valence-electron chi connectivity index (χ4n) is 2.75. The molecule has 1 aromatic heterocycles. The Kier molecular flexibility index (Phi) is 1.71. The third kappa shape index (κ3) is 1.08. The minimum Gasteiger partial charge on any atom is -0.361 e. The molecule has 0 fully saturated rings. The van der Waals surface area contributed by atoms with Gasteiger partial charge in [-0.2, -0.15) is 0 Å². The van der Waals surface area contributed by atoms with E-state index in [0.717, 1.165) is 12.8 Å². The number of hydrogen-bond acceptors (Lipinski definition) is 1. The molecular weight excluding hydrogens is 184 g/mol. The van der Waals surface area contributed by atoms with E-state index in [2.05, 4.69) is 31.1 Å². The Morgan fingerprint density at radius 1 is 1.40 bits per heavy atom. The zero-order chi connectivity index (χ0) is 10.6. The van der Waals surface area contributed by atoms with Crippen molar-refractivity contribution < 1.29 is 0 Å². The number of H-pyrrole nitrogens is 1. The largest absolute Gasteiger partial charge is 0.361 e. The zero-order valence-electron chi connectivity index (χ0n) is 9.22. The highest BCUT2D eigenvalue weighted by Crippen LogP contribution is 2.37. The van der Waals surface area contributed by atoms with Gasteiger partial charge in [-0.05, 0) is 55.0 Å². The molecular formula is C13H16N2. The maximum atomic E-state index is 6.22. The van der Waals surface area contributed by atoms with Crippen LogP contribution in [0.5, 0.6) is 0 Å². The molecule has 3 N–H and O–H groups in total. The molecule has 1 aliphatic carbocycles. The van der Waals surface area contributed by atoms with E-state index in [1.807, 2.05) is 0 Å². The first-order chi connectivity index (χ1) is 7.18. The lowest BCUT2D eigenvalue weighted by molar-refractivity contribution is 0.639. The summed E-state index contributed by atoms with van der Waals surface area (Å²) in [6.07, 6.45) is 4.32. The van der Waals surface area contributed by atoms with Gasteiger partial charge in [0.25, 0.3) is 0 Å². The first-order valence-corrected chi connectivity index (χ1v) is 5.54. The van der Waals surface area contributed by atoms with Crippen LogP contribution in [0.3, 0.4) is 0 Å². The van der Waals surface area contributed by atoms with Crippen molar-refractivity contribution >= 4 is 10.9 Å². The Balaban J connectivity index is 2.50. The van der Waals surface area contributed by atoms with Gasteiger partial charge in [-0.3, -0.25) is 0 Å². The van der Waals surface area contributed by atoms with Crippen LogP contribution in [0.25, 0.3) is 10.9 Å². The highest BCUT2D eigenvalue weighted by molar-refractivity contribution is 5.89. The van der Waals surface area contributed by atoms with Crippen molar-refractivity contribution in [3.63, 3.8) is 0 Å². The number of nitrogens with one attached hydrogen (secondary N) is 1. The molecule has 2 aromatic rings. The van der Waals surface area contributed by atoms with Crippen LogP contribution >= 0.6 is 0 Å². The summed E-state index contributed by atoms with van der Waals surface area (Å²) in [7, 11) is 0. The lowest BCUT2D eigenvalue weighted by Gasteiger charge is -2.22. The van der Waals surface area contributed by atoms with Gasteiger partial charge in [-0.1, -0.05) is 0 Å². The summed E-state index contributed by atoms with van der Waals surface area (Å²) in [5.74, 6) is 0. The summed E-state index contributed by atoms with van der Waals surface area (Å²) in [6, 6.07) is 2.45. The summed E-state index contributed by atoms with van der Waals surface area (Å²) in [4.78, 5) is 3.35. The molecule has 1 heterocycles. The highest BCUT2D eigenvalue weighted by Gasteiger charge is 2.22. The van der Waals surface area contributed by atoms with Gasteiger partial charge >= 0.3 is 0 Å². The molecule has 1 atom stereocenters. The second-order valence-corrected chi connectivity index (χ2v) is 4.61. The quantitative estimate of drug-likeness (QED) is 0.674. The molecule has 2 nitrogen and oxygen atoms in total. The first kappa shape index (κ1) is 8.98. The molecule has 0 amide bonds. The van der Waals surface area contributed by atoms with E-state index in [4.69, 9.17) is 5.73 Å². The van der Waals surface area contributed by atoms with Crippen molar-refractivity contribution in [3.05, 3.63) is 34.5 Å². The topological polar surface area (TPSA) is 41.8 Å². The van der Waals surface area contributed by atoms with Gasteiger partial charge in [0.1, 0.15) is 0 Å². The van der Waals surface area contributed by atoms with Gasteiger partial charge in [0.15, 0.2) is 0 Å². The summed E-state index contributed by atoms with van der Waals surface area (Å²) >= 11 is 0. The number of aromatic amines is 1. The second kappa shape index (κ2) is 2.86. The number of aromatic nitrogens is 1. The smallest absolute Gasteiger partial charge is 0.0463 e. The molecule has 0 radical (unpaired) electrons. The normalized spacial score (nSPS) is 19.8. The average molecular weight is 200 g/mol. The van der Waals surface area contributed by atoms with Crippen LogP contribution in [0, 0.1) is 13.8 Å². The van der Waals surface area contributed by atoms with Crippen molar-refractivity contribution in [1.29, 1.82) is 0 Å². The van der Waals surface area contributed by atoms with E-state index < -0.39 is 0 Å². The molecule has 15 heavy (non-hydrogen) atoms. The van der Waals surface area contributed by atoms with Crippen LogP contribution in [0.15, 0.2) is 12.3 Å². The monoisotopic (exact) mass is 200 g/mol. The minimum absolute atomic E-state index is 0.218. The molecule has 78 valence electrons. The van der Waals surface area contributed by atoms with Crippen LogP contribution in [0.1, 0.15) is 34.7 Å². The Hall–Kier alpha value is -1.28. The van der Waals surface area contributed by atoms with E-state index >= 15 is 0 Å². The van der Waals surface area contributed by atoms with E-state index in [1.165, 1.54) is 33.2 Å². The maximum Gasteiger partial charge on any atom is 0.0463 e. The third-order valence-electron chi connectivity index (χ3n) is 3.71. The predicted octanol–water partition coefficient (Wildman–Crippen LogP) is 2.73. The maximum absolute atomic E-state index is 6.22. The predicted molar refractivity (Wildman–Crippen MR) is 63.0 cm³/mol. The number of benzene rings is 1. The van der Waals surface area contributed by atoms with Gasteiger partial charge < -0.3 is 10.7 Å². The minimum atomic E-state index is 0.218. The summed E-state index contributed by atoms with van der Waals surface area (Å²) < 4.78 is 0. The van der Waals surface area contributed by atoms with Gasteiger partial charge in [0.05, 0.1) is 0 Å². The Labute approximate surface area is 89.5 Å². The van der Waals surface area contributed by atoms with Gasteiger partial charge in [0, 0.05) is 23.1 Å². The van der Waals surface area contributed by atoms with Crippen LogP contribution in [0.4, 0.5) is 0 Å². The number of rotatable bonds is 0. The first-order valence-electron chi connectivity index (χ1n) is 5.54. The Bertz CT molecular complexity index is 537. The molecule has 0 spiro atoms. The number of hydrogen-bond donors (Lipinski definition) is 2. The van der Waals surface area contributed by atoms with Crippen LogP contribution < -0.4 is 5.73 Å². The van der Waals surface area contributed by atoms with Crippen molar-refractivity contribution in [2.45, 2.75) is 32.7 Å². The molecule has 1 unspecified atom stereocenters. The Morgan fingerprint density at radius 2 is 2.20 bits per heavy atom. The van der Waals surface area contributed by atoms with Crippen molar-refractivity contribution in [3.8, 4) is 0 Å². The summed E-state index contributed by atoms with van der Waals surface area (Å²) in [5, 5.41) is 1.39. The van der Waals surface area contributed by atoms with Gasteiger partial charge in [-0.25, -0.2) is 0 Å². The third-order valence-corrected chi connectivity index (χ3v) is 3.71. The van der Waals surface area contributed by atoms with Crippen molar-refractivity contribution in [2.24, 2.45) is 5.73 Å². The number of nitrogens with two attached hydrogens (primary N) is 1. The van der Waals surface area contributed by atoms with Crippen molar-refractivity contribution in [2.75, 3.05) is 0 Å². The molecule has 0 aliphatic heterocycles. The van der Waals surface area contributed by atoms with Gasteiger partial charge in [0.2, 0.25) is 0 Å². The zero-order valence-corrected chi connectivity index (χ0v) is 9.22. The van der Waals surface area contributed by atoms with Crippen LogP contribution in [-0.2, 0) is 6.42 Å². The van der Waals surface area contributed by atoms with E-state index in [1.54, 1.807) is 0 Å². The molecule has 1 aromatic carbocycles. The van der Waals surface area contributed by atoms with Gasteiger partial charge in [-0.15, -0.1) is 0 Å². The molecule has 1 aliphatic rings. The molecule has 2 heteroatoms. The Morgan fingerprint density at radius 3 is 3.00 bits per heavy atom.